The van der Waals surface area contributed by atoms with Gasteiger partial charge in [-0.25, -0.2) is 0 Å². The summed E-state index contributed by atoms with van der Waals surface area (Å²) < 4.78 is 16.8. The summed E-state index contributed by atoms with van der Waals surface area (Å²) >= 11 is 0. The van der Waals surface area contributed by atoms with Crippen LogP contribution in [0.5, 0.6) is 0 Å². The minimum Gasteiger partial charge on any atom is -0.462 e. The second-order valence-corrected chi connectivity index (χ2v) is 19.2. The molecule has 0 aromatic carbocycles. The fourth-order valence-electron chi connectivity index (χ4n) is 8.05. The van der Waals surface area contributed by atoms with Crippen molar-refractivity contribution in [2.24, 2.45) is 0 Å². The Morgan fingerprint density at radius 3 is 0.986 bits per heavy atom. The van der Waals surface area contributed by atoms with Crippen molar-refractivity contribution in [1.29, 1.82) is 0 Å². The van der Waals surface area contributed by atoms with Gasteiger partial charge in [0, 0.05) is 19.3 Å². The van der Waals surface area contributed by atoms with Gasteiger partial charge >= 0.3 is 17.9 Å². The Bertz CT molecular complexity index is 1330. The van der Waals surface area contributed by atoms with Crippen LogP contribution < -0.4 is 0 Å². The lowest BCUT2D eigenvalue weighted by Crippen LogP contribution is -2.30. The lowest BCUT2D eigenvalue weighted by molar-refractivity contribution is -0.167. The zero-order chi connectivity index (χ0) is 50.0. The van der Waals surface area contributed by atoms with E-state index in [0.29, 0.717) is 19.3 Å². The average Bonchev–Trinajstić information content (AvgIpc) is 3.35. The third kappa shape index (κ3) is 55.4. The summed E-state index contributed by atoms with van der Waals surface area (Å²) in [5.74, 6) is -0.933. The zero-order valence-corrected chi connectivity index (χ0v) is 45.3. The Kier molecular flexibility index (Phi) is 54.3. The summed E-state index contributed by atoms with van der Waals surface area (Å²) in [4.78, 5) is 38.2. The lowest BCUT2D eigenvalue weighted by Gasteiger charge is -2.18. The Labute approximate surface area is 426 Å². The van der Waals surface area contributed by atoms with E-state index in [0.717, 1.165) is 116 Å². The highest BCUT2D eigenvalue weighted by Gasteiger charge is 2.19. The minimum absolute atomic E-state index is 0.0917. The SMILES string of the molecule is CC/C=C\C/C=C\C/C=C\C/C=C\C/C=C\CCCCCC(=O)OCC(COC(=O)CCCCCCCCCCCCCCCC)OC(=O)CCCCCCC/C=C\C=C/CCCCCCCCC. The van der Waals surface area contributed by atoms with Gasteiger partial charge in [0.15, 0.2) is 6.10 Å². The Morgan fingerprint density at radius 2 is 0.609 bits per heavy atom. The van der Waals surface area contributed by atoms with E-state index in [2.05, 4.69) is 106 Å². The largest absolute Gasteiger partial charge is 0.462 e. The van der Waals surface area contributed by atoms with E-state index in [1.54, 1.807) is 0 Å². The molecule has 0 rings (SSSR count). The summed E-state index contributed by atoms with van der Waals surface area (Å²) in [6, 6.07) is 0. The van der Waals surface area contributed by atoms with Crippen LogP contribution in [-0.2, 0) is 28.6 Å². The summed E-state index contributed by atoms with van der Waals surface area (Å²) in [7, 11) is 0. The molecule has 0 radical (unpaired) electrons. The van der Waals surface area contributed by atoms with Crippen LogP contribution >= 0.6 is 0 Å². The third-order valence-electron chi connectivity index (χ3n) is 12.4. The molecule has 0 fully saturated rings. The molecule has 69 heavy (non-hydrogen) atoms. The molecule has 0 aromatic rings. The van der Waals surface area contributed by atoms with Gasteiger partial charge in [0.25, 0.3) is 0 Å². The highest BCUT2D eigenvalue weighted by atomic mass is 16.6. The molecule has 0 aliphatic rings. The molecule has 1 unspecified atom stereocenters. The maximum Gasteiger partial charge on any atom is 0.306 e. The minimum atomic E-state index is -0.798. The van der Waals surface area contributed by atoms with Gasteiger partial charge in [0.05, 0.1) is 0 Å². The van der Waals surface area contributed by atoms with E-state index in [1.807, 2.05) is 0 Å². The van der Waals surface area contributed by atoms with Crippen molar-refractivity contribution in [2.75, 3.05) is 13.2 Å². The van der Waals surface area contributed by atoms with Gasteiger partial charge < -0.3 is 14.2 Å². The van der Waals surface area contributed by atoms with E-state index in [9.17, 15) is 14.4 Å². The van der Waals surface area contributed by atoms with Gasteiger partial charge in [0.2, 0.25) is 0 Å². The molecular weight excluding hydrogens is 853 g/mol. The van der Waals surface area contributed by atoms with Gasteiger partial charge in [-0.3, -0.25) is 14.4 Å². The van der Waals surface area contributed by atoms with Crippen molar-refractivity contribution in [2.45, 2.75) is 284 Å². The number of carbonyl (C=O) groups is 3. The quantitative estimate of drug-likeness (QED) is 0.0199. The molecule has 0 N–H and O–H groups in total. The van der Waals surface area contributed by atoms with Crippen molar-refractivity contribution >= 4 is 17.9 Å². The highest BCUT2D eigenvalue weighted by Crippen LogP contribution is 2.15. The third-order valence-corrected chi connectivity index (χ3v) is 12.4. The zero-order valence-electron chi connectivity index (χ0n) is 45.3. The predicted octanol–water partition coefficient (Wildman–Crippen LogP) is 19.5. The topological polar surface area (TPSA) is 78.9 Å². The van der Waals surface area contributed by atoms with Gasteiger partial charge in [-0.15, -0.1) is 0 Å². The first-order valence-corrected chi connectivity index (χ1v) is 29.1. The highest BCUT2D eigenvalue weighted by molar-refractivity contribution is 5.71. The summed E-state index contributed by atoms with van der Waals surface area (Å²) in [5.41, 5.74) is 0. The maximum atomic E-state index is 12.9. The van der Waals surface area contributed by atoms with Gasteiger partial charge in [-0.2, -0.15) is 0 Å². The van der Waals surface area contributed by atoms with Gasteiger partial charge in [-0.05, 0) is 89.9 Å². The summed E-state index contributed by atoms with van der Waals surface area (Å²) in [5, 5.41) is 0. The predicted molar refractivity (Wildman–Crippen MR) is 297 cm³/mol. The molecule has 0 aromatic heterocycles. The van der Waals surface area contributed by atoms with Crippen molar-refractivity contribution in [3.05, 3.63) is 85.1 Å². The molecule has 0 aliphatic carbocycles. The molecule has 0 amide bonds. The van der Waals surface area contributed by atoms with Crippen LogP contribution in [0.15, 0.2) is 85.1 Å². The van der Waals surface area contributed by atoms with Crippen LogP contribution in [0.25, 0.3) is 0 Å². The Morgan fingerprint density at radius 1 is 0.319 bits per heavy atom. The van der Waals surface area contributed by atoms with Crippen molar-refractivity contribution in [3.63, 3.8) is 0 Å². The molecule has 6 nitrogen and oxygen atoms in total. The standard InChI is InChI=1S/C63H108O6/c1-4-7-10-13-16-19-22-25-28-30-32-34-35-38-41-44-47-50-53-56-62(65)68-59-60(58-67-61(64)55-52-49-46-43-40-37-27-24-21-18-15-12-9-6-3)69-63(66)57-54-51-48-45-42-39-36-33-31-29-26-23-20-17-14-11-8-5-2/h7,10,16,19,25,28-29,31-34,36,38,41,60H,4-6,8-9,11-15,17-18,20-24,26-27,30,35,37,39-40,42-59H2,1-3H3/b10-7-,19-16-,28-25-,31-29-,34-32-,36-33-,41-38-. The number of allylic oxidation sites excluding steroid dienone is 14. The number of ether oxygens (including phenoxy) is 3. The monoisotopic (exact) mass is 961 g/mol. The normalized spacial score (nSPS) is 12.7. The van der Waals surface area contributed by atoms with Gasteiger partial charge in [0.1, 0.15) is 13.2 Å². The molecule has 6 heteroatoms. The van der Waals surface area contributed by atoms with E-state index >= 15 is 0 Å². The van der Waals surface area contributed by atoms with E-state index in [1.165, 1.54) is 122 Å². The molecular formula is C63H108O6. The van der Waals surface area contributed by atoms with Crippen LogP contribution in [0, 0.1) is 0 Å². The first-order chi connectivity index (χ1) is 34.0. The van der Waals surface area contributed by atoms with Gasteiger partial charge in [-0.1, -0.05) is 254 Å². The number of unbranched alkanes of at least 4 members (excludes halogenated alkanes) is 28. The van der Waals surface area contributed by atoms with E-state index < -0.39 is 6.10 Å². The fraction of sp³-hybridized carbons (Fsp3) is 0.730. The van der Waals surface area contributed by atoms with Crippen molar-refractivity contribution in [1.82, 2.24) is 0 Å². The number of carbonyl (C=O) groups excluding carboxylic acids is 3. The molecule has 0 saturated heterocycles. The molecule has 0 heterocycles. The number of esters is 3. The van der Waals surface area contributed by atoms with E-state index in [4.69, 9.17) is 14.2 Å². The molecule has 0 aliphatic heterocycles. The van der Waals surface area contributed by atoms with Crippen LogP contribution in [0.4, 0.5) is 0 Å². The molecule has 396 valence electrons. The summed E-state index contributed by atoms with van der Waals surface area (Å²) in [6.07, 6.45) is 74.3. The summed E-state index contributed by atoms with van der Waals surface area (Å²) in [6.45, 7) is 6.50. The smallest absolute Gasteiger partial charge is 0.306 e. The maximum absolute atomic E-state index is 12.9. The lowest BCUT2D eigenvalue weighted by atomic mass is 10.0. The fourth-order valence-corrected chi connectivity index (χ4v) is 8.05. The second kappa shape index (κ2) is 57.2. The van der Waals surface area contributed by atoms with Crippen molar-refractivity contribution in [3.8, 4) is 0 Å². The Hall–Kier alpha value is -3.41. The second-order valence-electron chi connectivity index (χ2n) is 19.2. The molecule has 0 spiro atoms. The molecule has 0 saturated carbocycles. The molecule has 0 bridgehead atoms. The first kappa shape index (κ1) is 65.6. The molecule has 1 atom stereocenters. The average molecular weight is 962 g/mol. The number of hydrogen-bond acceptors (Lipinski definition) is 6. The Balaban J connectivity index is 4.46. The van der Waals surface area contributed by atoms with Crippen molar-refractivity contribution < 1.29 is 28.6 Å². The van der Waals surface area contributed by atoms with Crippen LogP contribution in [0.1, 0.15) is 278 Å². The first-order valence-electron chi connectivity index (χ1n) is 29.1. The van der Waals surface area contributed by atoms with Crippen LogP contribution in [0.3, 0.4) is 0 Å². The number of hydrogen-bond donors (Lipinski definition) is 0. The van der Waals surface area contributed by atoms with Crippen LogP contribution in [-0.4, -0.2) is 37.2 Å². The van der Waals surface area contributed by atoms with E-state index in [-0.39, 0.29) is 31.1 Å². The van der Waals surface area contributed by atoms with Crippen LogP contribution in [0.2, 0.25) is 0 Å². The number of rotatable bonds is 52.